The molecule has 0 aromatic carbocycles. The number of nitrogens with two attached hydrogens (primary N) is 1. The molecule has 0 atom stereocenters. The zero-order chi connectivity index (χ0) is 13.4. The molecule has 0 aromatic rings. The SMILES string of the molecule is CC(C)(C)NC(N)=NCCCOC1CCCCC1.I. The Hall–Kier alpha value is -0.0400. The van der Waals surface area contributed by atoms with Gasteiger partial charge in [-0.05, 0) is 40.0 Å². The van der Waals surface area contributed by atoms with Gasteiger partial charge in [0.2, 0.25) is 0 Å². The van der Waals surface area contributed by atoms with Gasteiger partial charge in [-0.25, -0.2) is 0 Å². The summed E-state index contributed by atoms with van der Waals surface area (Å²) in [6, 6.07) is 0. The Bertz CT molecular complexity index is 258. The quantitative estimate of drug-likeness (QED) is 0.332. The lowest BCUT2D eigenvalue weighted by molar-refractivity contribution is 0.0281. The highest BCUT2D eigenvalue weighted by atomic mass is 127. The number of halogens is 1. The topological polar surface area (TPSA) is 59.6 Å². The first-order valence-electron chi connectivity index (χ1n) is 7.17. The van der Waals surface area contributed by atoms with Crippen molar-refractivity contribution < 1.29 is 4.74 Å². The molecule has 4 nitrogen and oxygen atoms in total. The van der Waals surface area contributed by atoms with Crippen molar-refractivity contribution in [3.05, 3.63) is 0 Å². The van der Waals surface area contributed by atoms with Crippen molar-refractivity contribution in [1.29, 1.82) is 0 Å². The first kappa shape index (κ1) is 19.0. The van der Waals surface area contributed by atoms with Crippen molar-refractivity contribution in [2.75, 3.05) is 13.2 Å². The molecule has 0 saturated heterocycles. The van der Waals surface area contributed by atoms with E-state index in [4.69, 9.17) is 10.5 Å². The van der Waals surface area contributed by atoms with Gasteiger partial charge < -0.3 is 15.8 Å². The van der Waals surface area contributed by atoms with E-state index >= 15 is 0 Å². The van der Waals surface area contributed by atoms with Crippen LogP contribution >= 0.6 is 24.0 Å². The van der Waals surface area contributed by atoms with Crippen molar-refractivity contribution in [1.82, 2.24) is 5.32 Å². The molecule has 0 unspecified atom stereocenters. The Labute approximate surface area is 135 Å². The highest BCUT2D eigenvalue weighted by molar-refractivity contribution is 14.0. The van der Waals surface area contributed by atoms with Crippen LogP contribution in [-0.4, -0.2) is 30.8 Å². The van der Waals surface area contributed by atoms with E-state index in [0.717, 1.165) is 19.6 Å². The van der Waals surface area contributed by atoms with Gasteiger partial charge in [-0.15, -0.1) is 24.0 Å². The molecule has 19 heavy (non-hydrogen) atoms. The van der Waals surface area contributed by atoms with Crippen LogP contribution in [0.15, 0.2) is 4.99 Å². The van der Waals surface area contributed by atoms with Crippen molar-refractivity contribution in [2.24, 2.45) is 10.7 Å². The second-order valence-electron chi connectivity index (χ2n) is 6.13. The van der Waals surface area contributed by atoms with E-state index in [-0.39, 0.29) is 29.5 Å². The van der Waals surface area contributed by atoms with Crippen LogP contribution in [-0.2, 0) is 4.74 Å². The first-order chi connectivity index (χ1) is 8.47. The van der Waals surface area contributed by atoms with Crippen molar-refractivity contribution >= 4 is 29.9 Å². The average Bonchev–Trinajstić information content (AvgIpc) is 2.27. The largest absolute Gasteiger partial charge is 0.378 e. The maximum atomic E-state index is 5.84. The number of guanidine groups is 1. The molecule has 0 radical (unpaired) electrons. The summed E-state index contributed by atoms with van der Waals surface area (Å²) in [6.45, 7) is 7.75. The van der Waals surface area contributed by atoms with E-state index in [0.29, 0.717) is 12.1 Å². The zero-order valence-electron chi connectivity index (χ0n) is 12.6. The van der Waals surface area contributed by atoms with Crippen LogP contribution in [0, 0.1) is 0 Å². The number of aliphatic imine (C=N–C) groups is 1. The van der Waals surface area contributed by atoms with E-state index in [1.807, 2.05) is 0 Å². The molecule has 1 aliphatic rings. The third kappa shape index (κ3) is 10.4. The summed E-state index contributed by atoms with van der Waals surface area (Å²) < 4.78 is 5.84. The minimum absolute atomic E-state index is 0. The van der Waals surface area contributed by atoms with E-state index in [2.05, 4.69) is 31.1 Å². The molecule has 0 amide bonds. The molecule has 0 aromatic heterocycles. The van der Waals surface area contributed by atoms with Crippen LogP contribution in [0.4, 0.5) is 0 Å². The number of ether oxygens (including phenoxy) is 1. The molecular formula is C14H30IN3O. The van der Waals surface area contributed by atoms with Gasteiger partial charge in [-0.1, -0.05) is 19.3 Å². The van der Waals surface area contributed by atoms with Crippen LogP contribution in [0.3, 0.4) is 0 Å². The van der Waals surface area contributed by atoms with Gasteiger partial charge in [0, 0.05) is 18.7 Å². The third-order valence-corrected chi connectivity index (χ3v) is 2.99. The summed E-state index contributed by atoms with van der Waals surface area (Å²) in [7, 11) is 0. The van der Waals surface area contributed by atoms with Crippen LogP contribution in [0.1, 0.15) is 59.3 Å². The highest BCUT2D eigenvalue weighted by Crippen LogP contribution is 2.20. The Kier molecular flexibility index (Phi) is 9.78. The molecule has 0 aliphatic heterocycles. The number of nitrogens with zero attached hydrogens (tertiary/aromatic N) is 1. The summed E-state index contributed by atoms with van der Waals surface area (Å²) in [6.07, 6.45) is 7.93. The molecular weight excluding hydrogens is 353 g/mol. The van der Waals surface area contributed by atoms with Crippen LogP contribution in [0.2, 0.25) is 0 Å². The molecule has 1 fully saturated rings. The van der Waals surface area contributed by atoms with Crippen molar-refractivity contribution in [3.63, 3.8) is 0 Å². The van der Waals surface area contributed by atoms with Gasteiger partial charge in [-0.2, -0.15) is 0 Å². The van der Waals surface area contributed by atoms with Crippen LogP contribution in [0.25, 0.3) is 0 Å². The lowest BCUT2D eigenvalue weighted by atomic mass is 9.98. The summed E-state index contributed by atoms with van der Waals surface area (Å²) in [4.78, 5) is 4.30. The van der Waals surface area contributed by atoms with Gasteiger partial charge in [-0.3, -0.25) is 4.99 Å². The Morgan fingerprint density at radius 2 is 1.89 bits per heavy atom. The van der Waals surface area contributed by atoms with E-state index in [9.17, 15) is 0 Å². The van der Waals surface area contributed by atoms with Gasteiger partial charge in [0.1, 0.15) is 0 Å². The summed E-state index contributed by atoms with van der Waals surface area (Å²) >= 11 is 0. The molecule has 1 rings (SSSR count). The predicted molar refractivity (Wildman–Crippen MR) is 92.2 cm³/mol. The molecule has 0 heterocycles. The third-order valence-electron chi connectivity index (χ3n) is 2.99. The summed E-state index contributed by atoms with van der Waals surface area (Å²) in [5.74, 6) is 0.528. The van der Waals surface area contributed by atoms with E-state index < -0.39 is 0 Å². The first-order valence-corrected chi connectivity index (χ1v) is 7.17. The van der Waals surface area contributed by atoms with Gasteiger partial charge in [0.25, 0.3) is 0 Å². The Balaban J connectivity index is 0.00000324. The second kappa shape index (κ2) is 9.80. The number of hydrogen-bond acceptors (Lipinski definition) is 2. The van der Waals surface area contributed by atoms with Gasteiger partial charge in [0.15, 0.2) is 5.96 Å². The average molecular weight is 383 g/mol. The molecule has 3 N–H and O–H groups in total. The van der Waals surface area contributed by atoms with Gasteiger partial charge >= 0.3 is 0 Å². The number of hydrogen-bond donors (Lipinski definition) is 2. The molecule has 1 aliphatic carbocycles. The normalized spacial score (nSPS) is 17.9. The molecule has 5 heteroatoms. The van der Waals surface area contributed by atoms with Gasteiger partial charge in [0.05, 0.1) is 6.10 Å². The summed E-state index contributed by atoms with van der Waals surface area (Å²) in [5, 5.41) is 3.15. The van der Waals surface area contributed by atoms with Crippen molar-refractivity contribution in [2.45, 2.75) is 70.9 Å². The Morgan fingerprint density at radius 1 is 1.26 bits per heavy atom. The molecule has 0 bridgehead atoms. The number of rotatable bonds is 5. The monoisotopic (exact) mass is 383 g/mol. The Morgan fingerprint density at radius 3 is 2.47 bits per heavy atom. The van der Waals surface area contributed by atoms with Crippen LogP contribution < -0.4 is 11.1 Å². The van der Waals surface area contributed by atoms with E-state index in [1.54, 1.807) is 0 Å². The highest BCUT2D eigenvalue weighted by Gasteiger charge is 2.13. The molecule has 0 spiro atoms. The number of nitrogens with one attached hydrogen (secondary N) is 1. The fraction of sp³-hybridized carbons (Fsp3) is 0.929. The van der Waals surface area contributed by atoms with Crippen LogP contribution in [0.5, 0.6) is 0 Å². The molecule has 1 saturated carbocycles. The lowest BCUT2D eigenvalue weighted by Crippen LogP contribution is -2.45. The molecule has 114 valence electrons. The fourth-order valence-electron chi connectivity index (χ4n) is 2.17. The van der Waals surface area contributed by atoms with E-state index in [1.165, 1.54) is 32.1 Å². The standard InChI is InChI=1S/C14H29N3O.HI/c1-14(2,3)17-13(15)16-10-7-11-18-12-8-5-4-6-9-12;/h12H,4-11H2,1-3H3,(H3,15,16,17);1H. The smallest absolute Gasteiger partial charge is 0.188 e. The lowest BCUT2D eigenvalue weighted by Gasteiger charge is -2.22. The minimum Gasteiger partial charge on any atom is -0.378 e. The van der Waals surface area contributed by atoms with Crippen molar-refractivity contribution in [3.8, 4) is 0 Å². The zero-order valence-corrected chi connectivity index (χ0v) is 14.9. The minimum atomic E-state index is -0.0216. The second-order valence-corrected chi connectivity index (χ2v) is 6.13. The maximum absolute atomic E-state index is 5.84. The fourth-order valence-corrected chi connectivity index (χ4v) is 2.17. The maximum Gasteiger partial charge on any atom is 0.188 e. The predicted octanol–water partition coefficient (Wildman–Crippen LogP) is 3.05. The summed E-state index contributed by atoms with van der Waals surface area (Å²) in [5.41, 5.74) is 5.76.